The molecule has 10 heteroatoms. The Labute approximate surface area is 229 Å². The number of nitrogen functional groups attached to an aromatic ring is 1. The second-order valence-corrected chi connectivity index (χ2v) is 10.3. The number of rotatable bonds is 11. The van der Waals surface area contributed by atoms with Crippen LogP contribution in [0.25, 0.3) is 0 Å². The average Bonchev–Trinajstić information content (AvgIpc) is 2.93. The molecule has 208 valence electrons. The van der Waals surface area contributed by atoms with E-state index in [2.05, 4.69) is 10.6 Å². The minimum absolute atomic E-state index is 0.0371. The van der Waals surface area contributed by atoms with Crippen molar-refractivity contribution in [3.63, 3.8) is 0 Å². The van der Waals surface area contributed by atoms with Crippen LogP contribution in [0.5, 0.6) is 0 Å². The fraction of sp³-hybridized carbons (Fsp3) is 0.414. The van der Waals surface area contributed by atoms with Gasteiger partial charge in [-0.3, -0.25) is 24.6 Å². The Bertz CT molecular complexity index is 1190. The van der Waals surface area contributed by atoms with E-state index in [0.29, 0.717) is 11.1 Å². The predicted octanol–water partition coefficient (Wildman–Crippen LogP) is 1.70. The number of carbonyl (C=O) groups excluding carboxylic acids is 4. The third-order valence-electron chi connectivity index (χ3n) is 7.17. The highest BCUT2D eigenvalue weighted by atomic mass is 16.2. The third-order valence-corrected chi connectivity index (χ3v) is 7.17. The number of primary amides is 1. The van der Waals surface area contributed by atoms with E-state index in [4.69, 9.17) is 16.9 Å². The van der Waals surface area contributed by atoms with Gasteiger partial charge in [-0.05, 0) is 48.4 Å². The number of nitrogens with two attached hydrogens (primary N) is 2. The Morgan fingerprint density at radius 2 is 1.44 bits per heavy atom. The first-order valence-electron chi connectivity index (χ1n) is 13.2. The molecule has 7 N–H and O–H groups in total. The van der Waals surface area contributed by atoms with Gasteiger partial charge in [0.15, 0.2) is 0 Å². The van der Waals surface area contributed by atoms with Crippen LogP contribution in [0, 0.1) is 17.2 Å². The van der Waals surface area contributed by atoms with Gasteiger partial charge < -0.3 is 27.0 Å². The first-order chi connectivity index (χ1) is 18.6. The molecule has 1 fully saturated rings. The van der Waals surface area contributed by atoms with Crippen molar-refractivity contribution in [2.45, 2.75) is 51.1 Å². The van der Waals surface area contributed by atoms with Crippen molar-refractivity contribution in [3.05, 3.63) is 70.8 Å². The zero-order valence-corrected chi connectivity index (χ0v) is 22.5. The summed E-state index contributed by atoms with van der Waals surface area (Å²) in [5.41, 5.74) is 13.3. The molecule has 2 aromatic carbocycles. The van der Waals surface area contributed by atoms with Gasteiger partial charge in [0.25, 0.3) is 0 Å². The van der Waals surface area contributed by atoms with E-state index in [1.807, 2.05) is 0 Å². The lowest BCUT2D eigenvalue weighted by Gasteiger charge is -2.31. The smallest absolute Gasteiger partial charge is 0.248 e. The SMILES string of the molecule is CN(C)C(=O)C(Cc1ccc(C(=N)N)cc1)C(=O)N[C@H](C(=O)NCc1ccc(C(N)=O)cc1)C1CCCCC1. The Balaban J connectivity index is 1.76. The number of nitrogens with one attached hydrogen (secondary N) is 3. The van der Waals surface area contributed by atoms with Crippen molar-refractivity contribution in [2.24, 2.45) is 23.3 Å². The second kappa shape index (κ2) is 13.5. The summed E-state index contributed by atoms with van der Waals surface area (Å²) in [7, 11) is 3.19. The van der Waals surface area contributed by atoms with Gasteiger partial charge in [-0.15, -0.1) is 0 Å². The van der Waals surface area contributed by atoms with Crippen molar-refractivity contribution in [1.29, 1.82) is 5.41 Å². The van der Waals surface area contributed by atoms with E-state index in [-0.39, 0.29) is 36.5 Å². The molecule has 2 atom stereocenters. The van der Waals surface area contributed by atoms with Gasteiger partial charge in [-0.2, -0.15) is 0 Å². The first-order valence-corrected chi connectivity index (χ1v) is 13.2. The highest BCUT2D eigenvalue weighted by molar-refractivity contribution is 6.02. The lowest BCUT2D eigenvalue weighted by atomic mass is 9.83. The fourth-order valence-electron chi connectivity index (χ4n) is 4.86. The minimum atomic E-state index is -1.02. The van der Waals surface area contributed by atoms with Gasteiger partial charge in [-0.1, -0.05) is 55.7 Å². The van der Waals surface area contributed by atoms with Gasteiger partial charge in [0.05, 0.1) is 0 Å². The van der Waals surface area contributed by atoms with Gasteiger partial charge in [0, 0.05) is 31.8 Å². The van der Waals surface area contributed by atoms with Crippen LogP contribution in [0.3, 0.4) is 0 Å². The van der Waals surface area contributed by atoms with Crippen LogP contribution < -0.4 is 22.1 Å². The monoisotopic (exact) mass is 534 g/mol. The summed E-state index contributed by atoms with van der Waals surface area (Å²) in [4.78, 5) is 52.7. The van der Waals surface area contributed by atoms with Crippen LogP contribution in [-0.2, 0) is 27.3 Å². The molecule has 1 aliphatic carbocycles. The van der Waals surface area contributed by atoms with E-state index in [1.165, 1.54) is 4.90 Å². The number of carbonyl (C=O) groups is 4. The molecule has 0 saturated heterocycles. The standard InChI is InChI=1S/C29H38N6O4/c1-35(2)29(39)23(16-18-8-12-21(13-9-18)25(30)31)27(37)34-24(20-6-4-3-5-7-20)28(38)33-17-19-10-14-22(15-11-19)26(32)36/h8-15,20,23-24H,3-7,16-17H2,1-2H3,(H3,30,31)(H2,32,36)(H,33,38)(H,34,37)/t23?,24-/m0/s1. The van der Waals surface area contributed by atoms with Gasteiger partial charge >= 0.3 is 0 Å². The van der Waals surface area contributed by atoms with Crippen LogP contribution in [0.2, 0.25) is 0 Å². The molecule has 4 amide bonds. The van der Waals surface area contributed by atoms with Crippen molar-refractivity contribution < 1.29 is 19.2 Å². The van der Waals surface area contributed by atoms with Crippen molar-refractivity contribution >= 4 is 29.5 Å². The molecule has 0 radical (unpaired) electrons. The van der Waals surface area contributed by atoms with Gasteiger partial charge in [-0.25, -0.2) is 0 Å². The summed E-state index contributed by atoms with van der Waals surface area (Å²) in [5, 5.41) is 13.4. The lowest BCUT2D eigenvalue weighted by Crippen LogP contribution is -2.54. The molecule has 3 rings (SSSR count). The maximum absolute atomic E-state index is 13.6. The summed E-state index contributed by atoms with van der Waals surface area (Å²) in [6, 6.07) is 12.7. The van der Waals surface area contributed by atoms with Crippen molar-refractivity contribution in [2.75, 3.05) is 14.1 Å². The number of hydrogen-bond acceptors (Lipinski definition) is 5. The minimum Gasteiger partial charge on any atom is -0.384 e. The van der Waals surface area contributed by atoms with Crippen molar-refractivity contribution in [1.82, 2.24) is 15.5 Å². The zero-order chi connectivity index (χ0) is 28.5. The average molecular weight is 535 g/mol. The zero-order valence-electron chi connectivity index (χ0n) is 22.5. The molecule has 0 aromatic heterocycles. The molecular formula is C29H38N6O4. The lowest BCUT2D eigenvalue weighted by molar-refractivity contribution is -0.142. The fourth-order valence-corrected chi connectivity index (χ4v) is 4.86. The van der Waals surface area contributed by atoms with Crippen LogP contribution in [0.15, 0.2) is 48.5 Å². The summed E-state index contributed by atoms with van der Waals surface area (Å²) < 4.78 is 0. The molecule has 1 unspecified atom stereocenters. The molecule has 0 heterocycles. The summed E-state index contributed by atoms with van der Waals surface area (Å²) in [6.45, 7) is 0.222. The third kappa shape index (κ3) is 8.13. The number of hydrogen-bond donors (Lipinski definition) is 5. The molecule has 1 aliphatic rings. The second-order valence-electron chi connectivity index (χ2n) is 10.3. The number of nitrogens with zero attached hydrogens (tertiary/aromatic N) is 1. The molecule has 39 heavy (non-hydrogen) atoms. The summed E-state index contributed by atoms with van der Waals surface area (Å²) >= 11 is 0. The molecule has 1 saturated carbocycles. The van der Waals surface area contributed by atoms with E-state index in [0.717, 1.165) is 43.2 Å². The van der Waals surface area contributed by atoms with Gasteiger partial charge in [0.1, 0.15) is 17.8 Å². The molecule has 0 aliphatic heterocycles. The Kier molecular flexibility index (Phi) is 10.2. The summed E-state index contributed by atoms with van der Waals surface area (Å²) in [6.07, 6.45) is 4.80. The van der Waals surface area contributed by atoms with E-state index in [1.54, 1.807) is 62.6 Å². The van der Waals surface area contributed by atoms with E-state index < -0.39 is 23.8 Å². The highest BCUT2D eigenvalue weighted by Gasteiger charge is 2.35. The van der Waals surface area contributed by atoms with E-state index in [9.17, 15) is 19.2 Å². The van der Waals surface area contributed by atoms with E-state index >= 15 is 0 Å². The highest BCUT2D eigenvalue weighted by Crippen LogP contribution is 2.27. The van der Waals surface area contributed by atoms with Crippen LogP contribution in [0.4, 0.5) is 0 Å². The Morgan fingerprint density at radius 1 is 0.872 bits per heavy atom. The van der Waals surface area contributed by atoms with Crippen LogP contribution >= 0.6 is 0 Å². The molecule has 0 spiro atoms. The maximum Gasteiger partial charge on any atom is 0.248 e. The normalized spacial score (nSPS) is 15.0. The number of amides is 4. The number of amidine groups is 1. The molecule has 2 aromatic rings. The molecule has 10 nitrogen and oxygen atoms in total. The predicted molar refractivity (Wildman–Crippen MR) is 149 cm³/mol. The first kappa shape index (κ1) is 29.3. The molecule has 0 bridgehead atoms. The quantitative estimate of drug-likeness (QED) is 0.167. The Hall–Kier alpha value is -4.21. The van der Waals surface area contributed by atoms with Crippen LogP contribution in [0.1, 0.15) is 59.2 Å². The topological polar surface area (TPSA) is 171 Å². The number of benzene rings is 2. The maximum atomic E-state index is 13.6. The largest absolute Gasteiger partial charge is 0.384 e. The van der Waals surface area contributed by atoms with Gasteiger partial charge in [0.2, 0.25) is 23.6 Å². The summed E-state index contributed by atoms with van der Waals surface area (Å²) in [5.74, 6) is -2.82. The van der Waals surface area contributed by atoms with Crippen LogP contribution in [-0.4, -0.2) is 54.5 Å². The Morgan fingerprint density at radius 3 is 1.97 bits per heavy atom. The molecular weight excluding hydrogens is 496 g/mol. The van der Waals surface area contributed by atoms with Crippen molar-refractivity contribution in [3.8, 4) is 0 Å².